The molecule has 2 aliphatic rings. The predicted molar refractivity (Wildman–Crippen MR) is 118 cm³/mol. The molecule has 2 atom stereocenters. The van der Waals surface area contributed by atoms with Crippen LogP contribution < -0.4 is 10.9 Å². The van der Waals surface area contributed by atoms with Crippen LogP contribution in [-0.4, -0.2) is 47.9 Å². The van der Waals surface area contributed by atoms with Gasteiger partial charge in [0.1, 0.15) is 6.04 Å². The molecule has 2 fully saturated rings. The lowest BCUT2D eigenvalue weighted by molar-refractivity contribution is -0.143. The molecule has 0 radical (unpaired) electrons. The van der Waals surface area contributed by atoms with Gasteiger partial charge in [0.05, 0.1) is 16.8 Å². The number of carbonyl (C=O) groups is 1. The third kappa shape index (κ3) is 5.72. The van der Waals surface area contributed by atoms with E-state index in [9.17, 15) is 31.1 Å². The number of anilines is 1. The molecule has 11 heteroatoms. The second kappa shape index (κ2) is 9.69. The summed E-state index contributed by atoms with van der Waals surface area (Å²) in [5, 5.41) is 0. The van der Waals surface area contributed by atoms with Crippen LogP contribution >= 0.6 is 0 Å². The van der Waals surface area contributed by atoms with Crippen molar-refractivity contribution in [2.75, 3.05) is 31.6 Å². The Labute approximate surface area is 199 Å². The average molecular weight is 500 g/mol. The second-order valence-corrected chi connectivity index (χ2v) is 8.99. The highest BCUT2D eigenvalue weighted by molar-refractivity contribution is 5.84. The first-order valence-corrected chi connectivity index (χ1v) is 11.3. The molecule has 2 saturated heterocycles. The number of hydrogen-bond acceptors (Lipinski definition) is 4. The van der Waals surface area contributed by atoms with E-state index in [0.717, 1.165) is 37.1 Å². The Morgan fingerprint density at radius 1 is 0.971 bits per heavy atom. The fourth-order valence-electron chi connectivity index (χ4n) is 4.88. The molecular weight excluding hydrogens is 474 g/mol. The maximum atomic E-state index is 13.4. The molecule has 0 aliphatic carbocycles. The highest BCUT2D eigenvalue weighted by Gasteiger charge is 2.39. The maximum Gasteiger partial charge on any atom is 0.416 e. The number of rotatable bonds is 5. The Morgan fingerprint density at radius 3 is 2.26 bits per heavy atom. The summed E-state index contributed by atoms with van der Waals surface area (Å²) < 4.78 is 79.1. The zero-order chi connectivity index (χ0) is 25.4. The first kappa shape index (κ1) is 25.3. The van der Waals surface area contributed by atoms with E-state index in [1.807, 2.05) is 30.0 Å². The molecule has 2 aromatic carbocycles. The lowest BCUT2D eigenvalue weighted by Gasteiger charge is -2.41. The van der Waals surface area contributed by atoms with Crippen LogP contribution in [0.3, 0.4) is 0 Å². The number of carbonyl (C=O) groups excluding carboxylic acids is 1. The van der Waals surface area contributed by atoms with Crippen molar-refractivity contribution in [3.63, 3.8) is 0 Å². The molecule has 35 heavy (non-hydrogen) atoms. The van der Waals surface area contributed by atoms with Gasteiger partial charge in [0.15, 0.2) is 0 Å². The minimum atomic E-state index is -4.98. The Bertz CT molecular complexity index is 1040. The summed E-state index contributed by atoms with van der Waals surface area (Å²) in [7, 11) is 0. The van der Waals surface area contributed by atoms with Crippen LogP contribution in [0.2, 0.25) is 0 Å². The van der Waals surface area contributed by atoms with Crippen LogP contribution in [-0.2, 0) is 17.1 Å². The molecule has 190 valence electrons. The minimum Gasteiger partial charge on any atom is -0.299 e. The molecule has 1 amide bonds. The van der Waals surface area contributed by atoms with E-state index in [4.69, 9.17) is 0 Å². The number of hydrogen-bond donors (Lipinski definition) is 2. The number of halogens is 6. The maximum absolute atomic E-state index is 13.4. The van der Waals surface area contributed by atoms with Gasteiger partial charge in [0.2, 0.25) is 0 Å². The normalized spacial score (nSPS) is 20.4. The quantitative estimate of drug-likeness (QED) is 0.448. The highest BCUT2D eigenvalue weighted by atomic mass is 19.4. The SMILES string of the molecule is Cc1ccccc1C(C(=O)NNc1cc(C(F)(F)F)cc(C(F)(F)F)c1)N1CCN2CCC[C@@H]2C1. The average Bonchev–Trinajstić information content (AvgIpc) is 3.26. The number of piperazine rings is 1. The van der Waals surface area contributed by atoms with Crippen molar-refractivity contribution in [2.24, 2.45) is 0 Å². The molecule has 2 aliphatic heterocycles. The van der Waals surface area contributed by atoms with E-state index in [1.54, 1.807) is 6.07 Å². The van der Waals surface area contributed by atoms with Gasteiger partial charge >= 0.3 is 12.4 Å². The van der Waals surface area contributed by atoms with Crippen LogP contribution in [0.15, 0.2) is 42.5 Å². The van der Waals surface area contributed by atoms with Gasteiger partial charge in [0, 0.05) is 25.7 Å². The van der Waals surface area contributed by atoms with Crippen LogP contribution in [0.25, 0.3) is 0 Å². The van der Waals surface area contributed by atoms with Gasteiger partial charge in [-0.15, -0.1) is 0 Å². The molecule has 1 unspecified atom stereocenters. The number of nitrogens with one attached hydrogen (secondary N) is 2. The van der Waals surface area contributed by atoms with Crippen LogP contribution in [0.1, 0.15) is 41.1 Å². The van der Waals surface area contributed by atoms with E-state index < -0.39 is 41.1 Å². The van der Waals surface area contributed by atoms with E-state index in [0.29, 0.717) is 31.3 Å². The number of alkyl halides is 6. The van der Waals surface area contributed by atoms with Crippen LogP contribution in [0, 0.1) is 6.92 Å². The Balaban J connectivity index is 1.59. The largest absolute Gasteiger partial charge is 0.416 e. The lowest BCUT2D eigenvalue weighted by Crippen LogP contribution is -2.54. The van der Waals surface area contributed by atoms with E-state index >= 15 is 0 Å². The molecule has 2 heterocycles. The van der Waals surface area contributed by atoms with Gasteiger partial charge in [-0.3, -0.25) is 25.4 Å². The fraction of sp³-hybridized carbons (Fsp3) is 0.458. The Morgan fingerprint density at radius 2 is 1.63 bits per heavy atom. The van der Waals surface area contributed by atoms with Gasteiger partial charge in [-0.05, 0) is 55.6 Å². The van der Waals surface area contributed by atoms with Crippen molar-refractivity contribution in [3.8, 4) is 0 Å². The van der Waals surface area contributed by atoms with Crippen LogP contribution in [0.4, 0.5) is 32.0 Å². The Hall–Kier alpha value is -2.79. The number of hydrazine groups is 1. The van der Waals surface area contributed by atoms with Crippen molar-refractivity contribution < 1.29 is 31.1 Å². The van der Waals surface area contributed by atoms with Crippen LogP contribution in [0.5, 0.6) is 0 Å². The second-order valence-electron chi connectivity index (χ2n) is 8.99. The smallest absolute Gasteiger partial charge is 0.299 e. The number of fused-ring (bicyclic) bond motifs is 1. The number of benzene rings is 2. The summed E-state index contributed by atoms with van der Waals surface area (Å²) in [5.74, 6) is -0.559. The first-order valence-electron chi connectivity index (χ1n) is 11.3. The van der Waals surface area contributed by atoms with E-state index in [-0.39, 0.29) is 6.07 Å². The molecule has 0 aromatic heterocycles. The van der Waals surface area contributed by atoms with Crippen molar-refractivity contribution in [1.29, 1.82) is 0 Å². The van der Waals surface area contributed by atoms with Crippen molar-refractivity contribution in [3.05, 3.63) is 64.7 Å². The lowest BCUT2D eigenvalue weighted by atomic mass is 9.97. The molecule has 0 bridgehead atoms. The molecule has 2 N–H and O–H groups in total. The summed E-state index contributed by atoms with van der Waals surface area (Å²) in [6.45, 7) is 4.92. The summed E-state index contributed by atoms with van der Waals surface area (Å²) in [6, 6.07) is 7.99. The minimum absolute atomic E-state index is 0.0459. The standard InChI is InChI=1S/C24H26F6N4O/c1-15-5-2-3-7-20(15)21(34-10-9-33-8-4-6-19(33)14-34)22(35)32-31-18-12-16(23(25,26)27)11-17(13-18)24(28,29)30/h2-3,5,7,11-13,19,21,31H,4,6,8-10,14H2,1H3,(H,32,35)/t19-,21?/m1/s1. The predicted octanol–water partition coefficient (Wildman–Crippen LogP) is 5.00. The third-order valence-electron chi connectivity index (χ3n) is 6.63. The third-order valence-corrected chi connectivity index (χ3v) is 6.63. The topological polar surface area (TPSA) is 47.6 Å². The summed E-state index contributed by atoms with van der Waals surface area (Å²) in [6.07, 6.45) is -7.86. The highest BCUT2D eigenvalue weighted by Crippen LogP contribution is 2.37. The van der Waals surface area contributed by atoms with E-state index in [1.165, 1.54) is 0 Å². The molecule has 4 rings (SSSR count). The monoisotopic (exact) mass is 500 g/mol. The van der Waals surface area contributed by atoms with E-state index in [2.05, 4.69) is 15.8 Å². The summed E-state index contributed by atoms with van der Waals surface area (Å²) in [4.78, 5) is 17.8. The molecule has 0 spiro atoms. The zero-order valence-electron chi connectivity index (χ0n) is 19.0. The number of amides is 1. The van der Waals surface area contributed by atoms with Gasteiger partial charge in [-0.25, -0.2) is 0 Å². The van der Waals surface area contributed by atoms with Crippen molar-refractivity contribution in [2.45, 2.75) is 44.2 Å². The van der Waals surface area contributed by atoms with Gasteiger partial charge in [0.25, 0.3) is 5.91 Å². The van der Waals surface area contributed by atoms with Gasteiger partial charge < -0.3 is 0 Å². The molecule has 2 aromatic rings. The molecule has 5 nitrogen and oxygen atoms in total. The van der Waals surface area contributed by atoms with Gasteiger partial charge in [-0.1, -0.05) is 24.3 Å². The number of nitrogens with zero attached hydrogens (tertiary/aromatic N) is 2. The summed E-state index contributed by atoms with van der Waals surface area (Å²) >= 11 is 0. The molecular formula is C24H26F6N4O. The first-order chi connectivity index (χ1) is 16.4. The fourth-order valence-corrected chi connectivity index (χ4v) is 4.88. The summed E-state index contributed by atoms with van der Waals surface area (Å²) in [5.41, 5.74) is 2.81. The van der Waals surface area contributed by atoms with Crippen molar-refractivity contribution in [1.82, 2.24) is 15.2 Å². The molecule has 0 saturated carbocycles. The number of aryl methyl sites for hydroxylation is 1. The van der Waals surface area contributed by atoms with Gasteiger partial charge in [-0.2, -0.15) is 26.3 Å². The van der Waals surface area contributed by atoms with Crippen molar-refractivity contribution >= 4 is 11.6 Å². The zero-order valence-corrected chi connectivity index (χ0v) is 19.0. The Kier molecular flexibility index (Phi) is 7.01.